The van der Waals surface area contributed by atoms with Crippen molar-refractivity contribution in [1.82, 2.24) is 4.98 Å². The first kappa shape index (κ1) is 8.01. The molecule has 0 fully saturated rings. The average Bonchev–Trinajstić information content (AvgIpc) is 2.04. The summed E-state index contributed by atoms with van der Waals surface area (Å²) in [5.41, 5.74) is 7.87. The van der Waals surface area contributed by atoms with Gasteiger partial charge in [0.25, 0.3) is 0 Å². The van der Waals surface area contributed by atoms with E-state index in [-0.39, 0.29) is 6.61 Å². The molecule has 11 heavy (non-hydrogen) atoms. The third-order valence-corrected chi connectivity index (χ3v) is 1.67. The Morgan fingerprint density at radius 2 is 2.36 bits per heavy atom. The number of aryl methyl sites for hydroxylation is 1. The first-order valence-corrected chi connectivity index (χ1v) is 3.62. The Balaban J connectivity index is 3.13. The second kappa shape index (κ2) is 3.34. The number of hydrogen-bond acceptors (Lipinski definition) is 3. The van der Waals surface area contributed by atoms with Crippen LogP contribution in [0.5, 0.6) is 0 Å². The van der Waals surface area contributed by atoms with Crippen molar-refractivity contribution in [3.05, 3.63) is 23.5 Å². The lowest BCUT2D eigenvalue weighted by atomic mass is 10.1. The Labute approximate surface area is 65.9 Å². The lowest BCUT2D eigenvalue weighted by Gasteiger charge is -2.05. The lowest BCUT2D eigenvalue weighted by Crippen LogP contribution is -2.01. The van der Waals surface area contributed by atoms with Crippen molar-refractivity contribution in [2.24, 2.45) is 0 Å². The Kier molecular flexibility index (Phi) is 2.44. The lowest BCUT2D eigenvalue weighted by molar-refractivity contribution is 0.281. The molecule has 3 nitrogen and oxygen atoms in total. The largest absolute Gasteiger partial charge is 0.398 e. The highest BCUT2D eigenvalue weighted by Gasteiger charge is 2.03. The molecule has 0 aromatic carbocycles. The smallest absolute Gasteiger partial charge is 0.0720 e. The molecule has 0 radical (unpaired) electrons. The second-order valence-corrected chi connectivity index (χ2v) is 2.34. The Morgan fingerprint density at radius 1 is 1.64 bits per heavy atom. The molecule has 1 aromatic rings. The summed E-state index contributed by atoms with van der Waals surface area (Å²) < 4.78 is 0. The van der Waals surface area contributed by atoms with Crippen molar-refractivity contribution in [3.63, 3.8) is 0 Å². The van der Waals surface area contributed by atoms with E-state index < -0.39 is 0 Å². The maximum atomic E-state index is 8.91. The SMILES string of the molecule is CCc1nccc(N)c1CO. The van der Waals surface area contributed by atoms with E-state index >= 15 is 0 Å². The number of aromatic nitrogens is 1. The van der Waals surface area contributed by atoms with Gasteiger partial charge in [-0.1, -0.05) is 6.92 Å². The molecule has 1 heterocycles. The summed E-state index contributed by atoms with van der Waals surface area (Å²) in [5.74, 6) is 0. The van der Waals surface area contributed by atoms with Crippen molar-refractivity contribution in [2.45, 2.75) is 20.0 Å². The minimum absolute atomic E-state index is 0.0250. The maximum Gasteiger partial charge on any atom is 0.0720 e. The van der Waals surface area contributed by atoms with Crippen molar-refractivity contribution in [2.75, 3.05) is 5.73 Å². The van der Waals surface area contributed by atoms with Crippen LogP contribution in [-0.4, -0.2) is 10.1 Å². The third kappa shape index (κ3) is 1.49. The van der Waals surface area contributed by atoms with Gasteiger partial charge >= 0.3 is 0 Å². The van der Waals surface area contributed by atoms with Crippen molar-refractivity contribution < 1.29 is 5.11 Å². The van der Waals surface area contributed by atoms with Crippen LogP contribution < -0.4 is 5.73 Å². The van der Waals surface area contributed by atoms with E-state index in [0.29, 0.717) is 5.69 Å². The first-order valence-electron chi connectivity index (χ1n) is 3.62. The van der Waals surface area contributed by atoms with Gasteiger partial charge in [0, 0.05) is 23.1 Å². The number of anilines is 1. The van der Waals surface area contributed by atoms with Crippen LogP contribution >= 0.6 is 0 Å². The Morgan fingerprint density at radius 3 is 2.82 bits per heavy atom. The molecule has 0 amide bonds. The fourth-order valence-corrected chi connectivity index (χ4v) is 1.04. The number of rotatable bonds is 2. The highest BCUT2D eigenvalue weighted by atomic mass is 16.3. The monoisotopic (exact) mass is 152 g/mol. The molecule has 3 heteroatoms. The summed E-state index contributed by atoms with van der Waals surface area (Å²) in [6.07, 6.45) is 2.47. The van der Waals surface area contributed by atoms with Crippen LogP contribution in [0.4, 0.5) is 5.69 Å². The fourth-order valence-electron chi connectivity index (χ4n) is 1.04. The molecule has 1 rings (SSSR count). The third-order valence-electron chi connectivity index (χ3n) is 1.67. The van der Waals surface area contributed by atoms with E-state index in [1.165, 1.54) is 0 Å². The molecular weight excluding hydrogens is 140 g/mol. The van der Waals surface area contributed by atoms with Gasteiger partial charge in [-0.2, -0.15) is 0 Å². The normalized spacial score (nSPS) is 10.0. The van der Waals surface area contributed by atoms with Gasteiger partial charge in [0.05, 0.1) is 6.61 Å². The number of nitrogens with zero attached hydrogens (tertiary/aromatic N) is 1. The van der Waals surface area contributed by atoms with Crippen LogP contribution in [-0.2, 0) is 13.0 Å². The zero-order valence-electron chi connectivity index (χ0n) is 6.54. The topological polar surface area (TPSA) is 59.1 Å². The number of pyridine rings is 1. The average molecular weight is 152 g/mol. The molecule has 0 spiro atoms. The molecule has 0 aliphatic rings. The van der Waals surface area contributed by atoms with Crippen molar-refractivity contribution >= 4 is 5.69 Å². The standard InChI is InChI=1S/C8H12N2O/c1-2-8-6(5-11)7(9)3-4-10-8/h3-4,11H,2,5H2,1H3,(H2,9,10). The quantitative estimate of drug-likeness (QED) is 0.656. The van der Waals surface area contributed by atoms with Gasteiger partial charge in [-0.25, -0.2) is 0 Å². The summed E-state index contributed by atoms with van der Waals surface area (Å²) in [6, 6.07) is 1.70. The number of aliphatic hydroxyl groups excluding tert-OH is 1. The van der Waals surface area contributed by atoms with Gasteiger partial charge in [-0.05, 0) is 12.5 Å². The highest BCUT2D eigenvalue weighted by molar-refractivity contribution is 5.47. The van der Waals surface area contributed by atoms with E-state index in [0.717, 1.165) is 17.7 Å². The minimum Gasteiger partial charge on any atom is -0.398 e. The number of nitrogen functional groups attached to an aromatic ring is 1. The predicted molar refractivity (Wildman–Crippen MR) is 44.0 cm³/mol. The van der Waals surface area contributed by atoms with E-state index in [9.17, 15) is 0 Å². The number of aliphatic hydroxyl groups is 1. The summed E-state index contributed by atoms with van der Waals surface area (Å²) in [6.45, 7) is 1.96. The Hall–Kier alpha value is -1.09. The zero-order valence-corrected chi connectivity index (χ0v) is 6.54. The number of nitrogens with two attached hydrogens (primary N) is 1. The summed E-state index contributed by atoms with van der Waals surface area (Å²) in [5, 5.41) is 8.91. The van der Waals surface area contributed by atoms with E-state index in [1.807, 2.05) is 6.92 Å². The van der Waals surface area contributed by atoms with Crippen LogP contribution in [0.15, 0.2) is 12.3 Å². The first-order chi connectivity index (χ1) is 5.29. The molecule has 3 N–H and O–H groups in total. The molecule has 0 saturated heterocycles. The summed E-state index contributed by atoms with van der Waals surface area (Å²) in [4.78, 5) is 4.09. The number of hydrogen-bond donors (Lipinski definition) is 2. The van der Waals surface area contributed by atoms with Gasteiger partial charge in [-0.15, -0.1) is 0 Å². The van der Waals surface area contributed by atoms with Gasteiger partial charge in [-0.3, -0.25) is 4.98 Å². The van der Waals surface area contributed by atoms with Crippen LogP contribution in [0, 0.1) is 0 Å². The van der Waals surface area contributed by atoms with E-state index in [2.05, 4.69) is 4.98 Å². The minimum atomic E-state index is -0.0250. The van der Waals surface area contributed by atoms with Gasteiger partial charge in [0.1, 0.15) is 0 Å². The highest BCUT2D eigenvalue weighted by Crippen LogP contribution is 2.14. The molecule has 60 valence electrons. The Bertz CT molecular complexity index is 248. The molecule has 1 aromatic heterocycles. The van der Waals surface area contributed by atoms with E-state index in [4.69, 9.17) is 10.8 Å². The maximum absolute atomic E-state index is 8.91. The van der Waals surface area contributed by atoms with Crippen molar-refractivity contribution in [3.8, 4) is 0 Å². The summed E-state index contributed by atoms with van der Waals surface area (Å²) >= 11 is 0. The van der Waals surface area contributed by atoms with E-state index in [1.54, 1.807) is 12.3 Å². The molecule has 0 aliphatic heterocycles. The molecule has 0 aliphatic carbocycles. The fraction of sp³-hybridized carbons (Fsp3) is 0.375. The van der Waals surface area contributed by atoms with Crippen LogP contribution in [0.25, 0.3) is 0 Å². The van der Waals surface area contributed by atoms with Crippen LogP contribution in [0.2, 0.25) is 0 Å². The van der Waals surface area contributed by atoms with Gasteiger partial charge < -0.3 is 10.8 Å². The molecule has 0 saturated carbocycles. The molecule has 0 atom stereocenters. The van der Waals surface area contributed by atoms with Crippen molar-refractivity contribution in [1.29, 1.82) is 0 Å². The van der Waals surface area contributed by atoms with Crippen LogP contribution in [0.3, 0.4) is 0 Å². The zero-order chi connectivity index (χ0) is 8.27. The predicted octanol–water partition coefficient (Wildman–Crippen LogP) is 0.718. The molecular formula is C8H12N2O. The summed E-state index contributed by atoms with van der Waals surface area (Å²) in [7, 11) is 0. The molecule has 0 unspecified atom stereocenters. The van der Waals surface area contributed by atoms with Gasteiger partial charge in [0.15, 0.2) is 0 Å². The van der Waals surface area contributed by atoms with Gasteiger partial charge in [0.2, 0.25) is 0 Å². The molecule has 0 bridgehead atoms. The second-order valence-electron chi connectivity index (χ2n) is 2.34. The van der Waals surface area contributed by atoms with Crippen LogP contribution in [0.1, 0.15) is 18.2 Å².